The van der Waals surface area contributed by atoms with Crippen molar-refractivity contribution in [1.82, 2.24) is 10.2 Å². The fourth-order valence-corrected chi connectivity index (χ4v) is 3.94. The Labute approximate surface area is 186 Å². The number of ketones is 1. The van der Waals surface area contributed by atoms with Crippen LogP contribution in [0.4, 0.5) is 0 Å². The second kappa shape index (κ2) is 10.3. The van der Waals surface area contributed by atoms with Gasteiger partial charge in [0, 0.05) is 18.9 Å². The minimum Gasteiger partial charge on any atom is -0.480 e. The third-order valence-corrected chi connectivity index (χ3v) is 5.75. The summed E-state index contributed by atoms with van der Waals surface area (Å²) in [6.07, 6.45) is 2.58. The number of aliphatic carboxylic acids is 1. The van der Waals surface area contributed by atoms with Crippen molar-refractivity contribution in [2.75, 3.05) is 6.54 Å². The third kappa shape index (κ3) is 5.63. The summed E-state index contributed by atoms with van der Waals surface area (Å²) < 4.78 is 5.12. The summed E-state index contributed by atoms with van der Waals surface area (Å²) in [6.45, 7) is 3.95. The summed E-state index contributed by atoms with van der Waals surface area (Å²) in [6, 6.07) is 9.04. The number of rotatable bonds is 9. The van der Waals surface area contributed by atoms with E-state index in [2.05, 4.69) is 5.32 Å². The lowest BCUT2D eigenvalue weighted by Gasteiger charge is -2.25. The molecule has 8 heteroatoms. The second-order valence-corrected chi connectivity index (χ2v) is 8.29. The van der Waals surface area contributed by atoms with E-state index in [-0.39, 0.29) is 30.3 Å². The average molecular weight is 440 g/mol. The summed E-state index contributed by atoms with van der Waals surface area (Å²) in [5.41, 5.74) is 1.95. The largest absolute Gasteiger partial charge is 0.480 e. The number of nitrogens with zero attached hydrogens (tertiary/aromatic N) is 1. The zero-order valence-electron chi connectivity index (χ0n) is 18.2. The molecule has 32 heavy (non-hydrogen) atoms. The number of carbonyl (C=O) groups excluding carboxylic acids is 3. The Balaban J connectivity index is 1.71. The van der Waals surface area contributed by atoms with Crippen LogP contribution in [0.1, 0.15) is 47.9 Å². The third-order valence-electron chi connectivity index (χ3n) is 5.75. The van der Waals surface area contributed by atoms with Crippen molar-refractivity contribution in [1.29, 1.82) is 0 Å². The topological polar surface area (TPSA) is 117 Å². The molecule has 0 radical (unpaired) electrons. The normalized spacial score (nSPS) is 17.6. The highest BCUT2D eigenvalue weighted by molar-refractivity contribution is 5.97. The molecule has 1 fully saturated rings. The second-order valence-electron chi connectivity index (χ2n) is 8.29. The molecule has 1 saturated heterocycles. The number of nitrogens with one attached hydrogen (secondary N) is 1. The fourth-order valence-electron chi connectivity index (χ4n) is 3.94. The van der Waals surface area contributed by atoms with Gasteiger partial charge in [-0.2, -0.15) is 0 Å². The molecule has 0 unspecified atom stereocenters. The van der Waals surface area contributed by atoms with Gasteiger partial charge in [-0.1, -0.05) is 36.8 Å². The Morgan fingerprint density at radius 3 is 2.53 bits per heavy atom. The van der Waals surface area contributed by atoms with E-state index < -0.39 is 29.9 Å². The highest BCUT2D eigenvalue weighted by Crippen LogP contribution is 2.22. The highest BCUT2D eigenvalue weighted by Gasteiger charge is 2.37. The maximum absolute atomic E-state index is 13.1. The number of hydrogen-bond acceptors (Lipinski definition) is 5. The maximum atomic E-state index is 13.1. The molecule has 0 saturated carbocycles. The van der Waals surface area contributed by atoms with Crippen LogP contribution in [0.2, 0.25) is 0 Å². The summed E-state index contributed by atoms with van der Waals surface area (Å²) in [5, 5.41) is 12.1. The molecule has 2 heterocycles. The van der Waals surface area contributed by atoms with Crippen LogP contribution < -0.4 is 5.32 Å². The molecule has 0 spiro atoms. The number of hydrogen-bond donors (Lipinski definition) is 2. The summed E-state index contributed by atoms with van der Waals surface area (Å²) in [4.78, 5) is 51.2. The first-order chi connectivity index (χ1) is 15.3. The van der Waals surface area contributed by atoms with Gasteiger partial charge in [0.25, 0.3) is 5.91 Å². The molecule has 0 bridgehead atoms. The van der Waals surface area contributed by atoms with E-state index in [0.717, 1.165) is 11.1 Å². The lowest BCUT2D eigenvalue weighted by molar-refractivity contribution is -0.150. The maximum Gasteiger partial charge on any atom is 0.326 e. The number of amides is 2. The summed E-state index contributed by atoms with van der Waals surface area (Å²) in [5.74, 6) is -2.78. The van der Waals surface area contributed by atoms with Crippen LogP contribution in [-0.2, 0) is 20.8 Å². The van der Waals surface area contributed by atoms with E-state index in [1.807, 2.05) is 31.2 Å². The van der Waals surface area contributed by atoms with E-state index in [4.69, 9.17) is 4.42 Å². The molecule has 2 amide bonds. The van der Waals surface area contributed by atoms with Gasteiger partial charge >= 0.3 is 5.97 Å². The Morgan fingerprint density at radius 2 is 1.91 bits per heavy atom. The molecule has 1 aliphatic rings. The number of likely N-dealkylation sites (tertiary alicyclic amines) is 1. The number of benzene rings is 1. The first-order valence-corrected chi connectivity index (χ1v) is 10.7. The van der Waals surface area contributed by atoms with Gasteiger partial charge < -0.3 is 19.7 Å². The molecule has 2 N–H and O–H groups in total. The molecule has 1 aromatic carbocycles. The van der Waals surface area contributed by atoms with Crippen LogP contribution in [0.3, 0.4) is 0 Å². The lowest BCUT2D eigenvalue weighted by Crippen LogP contribution is -2.46. The van der Waals surface area contributed by atoms with Crippen molar-refractivity contribution in [2.24, 2.45) is 5.92 Å². The Hall–Kier alpha value is -3.42. The van der Waals surface area contributed by atoms with E-state index in [9.17, 15) is 24.3 Å². The molecule has 0 aliphatic carbocycles. The van der Waals surface area contributed by atoms with E-state index in [1.54, 1.807) is 13.0 Å². The van der Waals surface area contributed by atoms with Gasteiger partial charge in [0.15, 0.2) is 11.5 Å². The number of carbonyl (C=O) groups is 4. The predicted molar refractivity (Wildman–Crippen MR) is 116 cm³/mol. The number of carboxylic acid groups (broad SMARTS) is 1. The van der Waals surface area contributed by atoms with Crippen LogP contribution in [-0.4, -0.2) is 52.2 Å². The van der Waals surface area contributed by atoms with Crippen LogP contribution in [0.15, 0.2) is 47.1 Å². The molecule has 8 nitrogen and oxygen atoms in total. The highest BCUT2D eigenvalue weighted by atomic mass is 16.4. The molecule has 170 valence electrons. The molecule has 1 aromatic heterocycles. The van der Waals surface area contributed by atoms with Crippen LogP contribution >= 0.6 is 0 Å². The zero-order valence-corrected chi connectivity index (χ0v) is 18.2. The Bertz CT molecular complexity index is 967. The van der Waals surface area contributed by atoms with Crippen molar-refractivity contribution < 1.29 is 28.7 Å². The van der Waals surface area contributed by atoms with Crippen molar-refractivity contribution in [3.8, 4) is 0 Å². The minimum absolute atomic E-state index is 0.0946. The SMILES string of the molecule is Cc1ccc(C[C@@H](NC(=O)c2ccco2)C(=O)C[C@H](C)C(=O)N2CCC[C@H]2C(=O)O)cc1. The smallest absolute Gasteiger partial charge is 0.326 e. The van der Waals surface area contributed by atoms with E-state index in [1.165, 1.54) is 17.2 Å². The predicted octanol–water partition coefficient (Wildman–Crippen LogP) is 2.60. The first kappa shape index (κ1) is 23.2. The van der Waals surface area contributed by atoms with Gasteiger partial charge in [0.05, 0.1) is 12.3 Å². The zero-order chi connectivity index (χ0) is 23.3. The number of furan rings is 1. The first-order valence-electron chi connectivity index (χ1n) is 10.7. The number of aryl methyl sites for hydroxylation is 1. The van der Waals surface area contributed by atoms with Crippen molar-refractivity contribution in [2.45, 2.75) is 51.6 Å². The molecule has 3 atom stereocenters. The summed E-state index contributed by atoms with van der Waals surface area (Å²) >= 11 is 0. The van der Waals surface area contributed by atoms with Gasteiger partial charge in [-0.05, 0) is 43.9 Å². The molecular formula is C24H28N2O6. The fraction of sp³-hybridized carbons (Fsp3) is 0.417. The minimum atomic E-state index is -1.03. The van der Waals surface area contributed by atoms with Gasteiger partial charge in [-0.25, -0.2) is 4.79 Å². The standard InChI is InChI=1S/C24H28N2O6/c1-15-7-9-17(10-8-15)14-18(25-22(28)21-6-4-12-32-21)20(27)13-16(2)23(29)26-11-3-5-19(26)24(30)31/h4,6-10,12,16,18-19H,3,5,11,13-14H2,1-2H3,(H,25,28)(H,30,31)/t16-,18+,19-/m0/s1. The average Bonchev–Trinajstić information content (AvgIpc) is 3.46. The lowest BCUT2D eigenvalue weighted by atomic mass is 9.94. The van der Waals surface area contributed by atoms with Crippen molar-refractivity contribution >= 4 is 23.6 Å². The van der Waals surface area contributed by atoms with Crippen molar-refractivity contribution in [3.63, 3.8) is 0 Å². The molecule has 2 aromatic rings. The Morgan fingerprint density at radius 1 is 1.19 bits per heavy atom. The quantitative estimate of drug-likeness (QED) is 0.619. The molecular weight excluding hydrogens is 412 g/mol. The van der Waals surface area contributed by atoms with Gasteiger partial charge in [0.1, 0.15) is 6.04 Å². The molecule has 3 rings (SSSR count). The monoisotopic (exact) mass is 440 g/mol. The van der Waals surface area contributed by atoms with E-state index >= 15 is 0 Å². The molecule has 1 aliphatic heterocycles. The van der Waals surface area contributed by atoms with E-state index in [0.29, 0.717) is 19.4 Å². The van der Waals surface area contributed by atoms with Gasteiger partial charge in [0.2, 0.25) is 5.91 Å². The van der Waals surface area contributed by atoms with Gasteiger partial charge in [-0.15, -0.1) is 0 Å². The van der Waals surface area contributed by atoms with Crippen LogP contribution in [0.25, 0.3) is 0 Å². The van der Waals surface area contributed by atoms with Crippen LogP contribution in [0, 0.1) is 12.8 Å². The van der Waals surface area contributed by atoms with Crippen LogP contribution in [0.5, 0.6) is 0 Å². The Kier molecular flexibility index (Phi) is 7.45. The number of carboxylic acids is 1. The van der Waals surface area contributed by atoms with Gasteiger partial charge in [-0.3, -0.25) is 14.4 Å². The number of Topliss-reactive ketones (excluding diaryl/α,β-unsaturated/α-hetero) is 1. The van der Waals surface area contributed by atoms with Crippen molar-refractivity contribution in [3.05, 3.63) is 59.5 Å². The summed E-state index contributed by atoms with van der Waals surface area (Å²) in [7, 11) is 0.